The molecule has 1 N–H and O–H groups in total. The molecule has 0 aliphatic carbocycles. The predicted octanol–water partition coefficient (Wildman–Crippen LogP) is 4.40. The molecular weight excluding hydrogens is 308 g/mol. The van der Waals surface area contributed by atoms with E-state index >= 15 is 0 Å². The zero-order valence-corrected chi connectivity index (χ0v) is 15.3. The van der Waals surface area contributed by atoms with Crippen LogP contribution < -0.4 is 5.32 Å². The van der Waals surface area contributed by atoms with Crippen LogP contribution in [0.15, 0.2) is 24.3 Å². The van der Waals surface area contributed by atoms with E-state index in [-0.39, 0.29) is 18.0 Å². The first kappa shape index (κ1) is 18.3. The number of hydrogen-bond acceptors (Lipinski definition) is 2. The van der Waals surface area contributed by atoms with Gasteiger partial charge < -0.3 is 14.6 Å². The smallest absolute Gasteiger partial charge is 0.110 e. The highest BCUT2D eigenvalue weighted by Gasteiger charge is 2.39. The number of benzene rings is 1. The molecule has 0 saturated carbocycles. The summed E-state index contributed by atoms with van der Waals surface area (Å²) in [5.41, 5.74) is 4.06. The molecule has 3 rings (SSSR count). The van der Waals surface area contributed by atoms with Gasteiger partial charge in [0.25, 0.3) is 0 Å². The molecule has 23 heavy (non-hydrogen) atoms. The third-order valence-corrected chi connectivity index (χ3v) is 4.96. The first-order valence-electron chi connectivity index (χ1n) is 8.66. The first-order chi connectivity index (χ1) is 10.7. The Morgan fingerprint density at radius 3 is 2.74 bits per heavy atom. The van der Waals surface area contributed by atoms with Gasteiger partial charge in [-0.05, 0) is 44.5 Å². The van der Waals surface area contributed by atoms with E-state index in [1.807, 2.05) is 0 Å². The van der Waals surface area contributed by atoms with Gasteiger partial charge in [-0.15, -0.1) is 12.4 Å². The van der Waals surface area contributed by atoms with Crippen LogP contribution in [-0.2, 0) is 16.9 Å². The highest BCUT2D eigenvalue weighted by molar-refractivity contribution is 5.86. The van der Waals surface area contributed by atoms with Gasteiger partial charge in [0.05, 0.1) is 12.3 Å². The maximum Gasteiger partial charge on any atom is 0.110 e. The molecule has 1 aliphatic rings. The Labute approximate surface area is 145 Å². The molecule has 3 nitrogen and oxygen atoms in total. The van der Waals surface area contributed by atoms with Crippen molar-refractivity contribution in [3.8, 4) is 0 Å². The highest BCUT2D eigenvalue weighted by atomic mass is 35.5. The molecule has 0 fully saturated rings. The van der Waals surface area contributed by atoms with Gasteiger partial charge in [0.15, 0.2) is 0 Å². The molecule has 1 aromatic carbocycles. The maximum absolute atomic E-state index is 6.43. The fourth-order valence-electron chi connectivity index (χ4n) is 4.07. The van der Waals surface area contributed by atoms with E-state index in [0.29, 0.717) is 0 Å². The Morgan fingerprint density at radius 2 is 2.00 bits per heavy atom. The Balaban J connectivity index is 0.00000192. The molecule has 0 radical (unpaired) electrons. The topological polar surface area (TPSA) is 26.2 Å². The van der Waals surface area contributed by atoms with E-state index in [0.717, 1.165) is 45.5 Å². The molecule has 1 aliphatic heterocycles. The number of aromatic nitrogens is 1. The lowest BCUT2D eigenvalue weighted by Crippen LogP contribution is -2.41. The number of halogens is 1. The number of fused-ring (bicyclic) bond motifs is 3. The predicted molar refractivity (Wildman–Crippen MR) is 99.6 cm³/mol. The number of nitrogens with zero attached hydrogens (tertiary/aromatic N) is 1. The van der Waals surface area contributed by atoms with E-state index in [1.165, 1.54) is 22.2 Å². The van der Waals surface area contributed by atoms with E-state index in [4.69, 9.17) is 4.74 Å². The van der Waals surface area contributed by atoms with Crippen molar-refractivity contribution in [2.24, 2.45) is 0 Å². The zero-order chi connectivity index (χ0) is 15.6. The van der Waals surface area contributed by atoms with Gasteiger partial charge in [-0.25, -0.2) is 0 Å². The van der Waals surface area contributed by atoms with Crippen LogP contribution in [0.25, 0.3) is 10.9 Å². The van der Waals surface area contributed by atoms with Crippen molar-refractivity contribution in [1.29, 1.82) is 0 Å². The first-order valence-corrected chi connectivity index (χ1v) is 8.66. The lowest BCUT2D eigenvalue weighted by molar-refractivity contribution is -0.0886. The van der Waals surface area contributed by atoms with Crippen LogP contribution in [0, 0.1) is 6.92 Å². The minimum Gasteiger partial charge on any atom is -0.367 e. The molecule has 1 aromatic heterocycles. The SMILES string of the molecule is CCCC1(CCNCC)OCCn2c1c(C)c1ccccc12.Cl. The van der Waals surface area contributed by atoms with Gasteiger partial charge in [0, 0.05) is 17.4 Å². The van der Waals surface area contributed by atoms with Crippen LogP contribution in [0.2, 0.25) is 0 Å². The Morgan fingerprint density at radius 1 is 1.22 bits per heavy atom. The van der Waals surface area contributed by atoms with Crippen molar-refractivity contribution in [3.05, 3.63) is 35.5 Å². The number of nitrogens with one attached hydrogen (secondary N) is 1. The highest BCUT2D eigenvalue weighted by Crippen LogP contribution is 2.42. The Kier molecular flexibility index (Phi) is 6.12. The van der Waals surface area contributed by atoms with Gasteiger partial charge in [-0.1, -0.05) is 38.5 Å². The minimum atomic E-state index is -0.127. The van der Waals surface area contributed by atoms with Gasteiger partial charge in [-0.3, -0.25) is 0 Å². The van der Waals surface area contributed by atoms with Crippen molar-refractivity contribution >= 4 is 23.3 Å². The van der Waals surface area contributed by atoms with Crippen LogP contribution in [0.1, 0.15) is 44.4 Å². The molecule has 2 aromatic rings. The quantitative estimate of drug-likeness (QED) is 0.791. The minimum absolute atomic E-state index is 0. The molecule has 0 saturated heterocycles. The van der Waals surface area contributed by atoms with Crippen molar-refractivity contribution in [2.75, 3.05) is 19.7 Å². The second kappa shape index (κ2) is 7.69. The lowest BCUT2D eigenvalue weighted by atomic mass is 9.86. The average molecular weight is 337 g/mol. The number of para-hydroxylation sites is 1. The molecule has 2 heterocycles. The molecule has 128 valence electrons. The average Bonchev–Trinajstić information content (AvgIpc) is 2.83. The summed E-state index contributed by atoms with van der Waals surface area (Å²) >= 11 is 0. The third-order valence-electron chi connectivity index (χ3n) is 4.96. The molecular formula is C19H29ClN2O. The standard InChI is InChI=1S/C19H28N2O.ClH/c1-4-10-19(11-12-20-5-2)18-15(3)16-8-6-7-9-17(16)21(18)13-14-22-19;/h6-9,20H,4-5,10-14H2,1-3H3;1H. The van der Waals surface area contributed by atoms with Gasteiger partial charge >= 0.3 is 0 Å². The van der Waals surface area contributed by atoms with E-state index < -0.39 is 0 Å². The summed E-state index contributed by atoms with van der Waals surface area (Å²) in [5.74, 6) is 0. The summed E-state index contributed by atoms with van der Waals surface area (Å²) in [7, 11) is 0. The Hall–Kier alpha value is -1.03. The second-order valence-corrected chi connectivity index (χ2v) is 6.34. The number of aryl methyl sites for hydroxylation is 1. The van der Waals surface area contributed by atoms with Crippen molar-refractivity contribution < 1.29 is 4.74 Å². The number of ether oxygens (including phenoxy) is 1. The molecule has 0 bridgehead atoms. The number of rotatable bonds is 6. The van der Waals surface area contributed by atoms with E-state index in [2.05, 4.69) is 54.9 Å². The van der Waals surface area contributed by atoms with Crippen LogP contribution in [0.3, 0.4) is 0 Å². The molecule has 0 amide bonds. The van der Waals surface area contributed by atoms with Gasteiger partial charge in [0.1, 0.15) is 5.60 Å². The molecule has 1 unspecified atom stereocenters. The van der Waals surface area contributed by atoms with Crippen molar-refractivity contribution in [3.63, 3.8) is 0 Å². The summed E-state index contributed by atoms with van der Waals surface area (Å²) in [6.45, 7) is 10.5. The largest absolute Gasteiger partial charge is 0.367 e. The maximum atomic E-state index is 6.43. The van der Waals surface area contributed by atoms with Crippen molar-refractivity contribution in [2.45, 2.75) is 52.2 Å². The number of hydrogen-bond donors (Lipinski definition) is 1. The third kappa shape index (κ3) is 3.15. The van der Waals surface area contributed by atoms with E-state index in [9.17, 15) is 0 Å². The normalized spacial score (nSPS) is 20.3. The monoisotopic (exact) mass is 336 g/mol. The van der Waals surface area contributed by atoms with Crippen LogP contribution >= 0.6 is 12.4 Å². The summed E-state index contributed by atoms with van der Waals surface area (Å²) < 4.78 is 8.94. The summed E-state index contributed by atoms with van der Waals surface area (Å²) in [6.07, 6.45) is 3.29. The summed E-state index contributed by atoms with van der Waals surface area (Å²) in [4.78, 5) is 0. The van der Waals surface area contributed by atoms with Gasteiger partial charge in [0.2, 0.25) is 0 Å². The van der Waals surface area contributed by atoms with Crippen molar-refractivity contribution in [1.82, 2.24) is 9.88 Å². The van der Waals surface area contributed by atoms with Crippen LogP contribution in [0.4, 0.5) is 0 Å². The zero-order valence-electron chi connectivity index (χ0n) is 14.5. The summed E-state index contributed by atoms with van der Waals surface area (Å²) in [5, 5.41) is 4.85. The second-order valence-electron chi connectivity index (χ2n) is 6.34. The molecule has 0 spiro atoms. The summed E-state index contributed by atoms with van der Waals surface area (Å²) in [6, 6.07) is 8.78. The molecule has 1 atom stereocenters. The van der Waals surface area contributed by atoms with Crippen LogP contribution in [0.5, 0.6) is 0 Å². The Bertz CT molecular complexity index is 652. The fraction of sp³-hybridized carbons (Fsp3) is 0.579. The fourth-order valence-corrected chi connectivity index (χ4v) is 4.07. The van der Waals surface area contributed by atoms with Gasteiger partial charge in [-0.2, -0.15) is 0 Å². The van der Waals surface area contributed by atoms with E-state index in [1.54, 1.807) is 0 Å². The van der Waals surface area contributed by atoms with Crippen LogP contribution in [-0.4, -0.2) is 24.3 Å². The lowest BCUT2D eigenvalue weighted by Gasteiger charge is -2.39. The molecule has 4 heteroatoms.